The van der Waals surface area contributed by atoms with Crippen LogP contribution in [0.15, 0.2) is 24.3 Å². The number of carbonyl (C=O) groups excluding carboxylic acids is 1. The molecule has 1 atom stereocenters. The molecular formula is C13H17NO2. The molecule has 1 amide bonds. The second-order valence-electron chi connectivity index (χ2n) is 4.16. The van der Waals surface area contributed by atoms with Gasteiger partial charge in [-0.3, -0.25) is 4.79 Å². The van der Waals surface area contributed by atoms with E-state index in [-0.39, 0.29) is 5.91 Å². The lowest BCUT2D eigenvalue weighted by atomic mass is 10.1. The smallest absolute Gasteiger partial charge is 0.227 e. The molecule has 0 spiro atoms. The van der Waals surface area contributed by atoms with Gasteiger partial charge in [0.1, 0.15) is 0 Å². The quantitative estimate of drug-likeness (QED) is 0.847. The molecule has 0 unspecified atom stereocenters. The Morgan fingerprint density at radius 3 is 2.56 bits per heavy atom. The third-order valence-electron chi connectivity index (χ3n) is 3.05. The van der Waals surface area contributed by atoms with Crippen LogP contribution in [0.1, 0.15) is 37.9 Å². The number of aliphatic hydroxyl groups excluding tert-OH is 1. The molecule has 1 aromatic carbocycles. The van der Waals surface area contributed by atoms with Gasteiger partial charge in [-0.05, 0) is 30.5 Å². The molecule has 16 heavy (non-hydrogen) atoms. The van der Waals surface area contributed by atoms with E-state index in [9.17, 15) is 9.90 Å². The average Bonchev–Trinajstić information content (AvgIpc) is 2.75. The Bertz CT molecular complexity index is 372. The molecule has 0 aromatic heterocycles. The SMILES string of the molecule is CC[C@H](O)c1ccc(N2CCCC2=O)cc1. The van der Waals surface area contributed by atoms with Crippen molar-refractivity contribution in [1.82, 2.24) is 0 Å². The van der Waals surface area contributed by atoms with E-state index in [1.54, 1.807) is 0 Å². The maximum atomic E-state index is 11.5. The van der Waals surface area contributed by atoms with E-state index in [1.807, 2.05) is 36.1 Å². The number of carbonyl (C=O) groups is 1. The number of aliphatic hydroxyl groups is 1. The highest BCUT2D eigenvalue weighted by Gasteiger charge is 2.21. The first-order chi connectivity index (χ1) is 7.72. The highest BCUT2D eigenvalue weighted by Crippen LogP contribution is 2.24. The fourth-order valence-electron chi connectivity index (χ4n) is 2.03. The van der Waals surface area contributed by atoms with Crippen molar-refractivity contribution < 1.29 is 9.90 Å². The second kappa shape index (κ2) is 4.66. The molecule has 0 radical (unpaired) electrons. The third-order valence-corrected chi connectivity index (χ3v) is 3.05. The van der Waals surface area contributed by atoms with Crippen molar-refractivity contribution in [3.05, 3.63) is 29.8 Å². The summed E-state index contributed by atoms with van der Waals surface area (Å²) in [5, 5.41) is 9.66. The Morgan fingerprint density at radius 2 is 2.06 bits per heavy atom. The molecule has 1 fully saturated rings. The highest BCUT2D eigenvalue weighted by atomic mass is 16.3. The van der Waals surface area contributed by atoms with Gasteiger partial charge in [-0.15, -0.1) is 0 Å². The minimum atomic E-state index is -0.400. The summed E-state index contributed by atoms with van der Waals surface area (Å²) in [6.45, 7) is 2.76. The van der Waals surface area contributed by atoms with Crippen LogP contribution in [-0.2, 0) is 4.79 Å². The van der Waals surface area contributed by atoms with Gasteiger partial charge in [0.05, 0.1) is 6.10 Å². The minimum absolute atomic E-state index is 0.198. The topological polar surface area (TPSA) is 40.5 Å². The Balaban J connectivity index is 2.15. The van der Waals surface area contributed by atoms with Crippen LogP contribution < -0.4 is 4.90 Å². The summed E-state index contributed by atoms with van der Waals surface area (Å²) in [6, 6.07) is 7.62. The van der Waals surface area contributed by atoms with Crippen LogP contribution in [0, 0.1) is 0 Å². The van der Waals surface area contributed by atoms with Crippen molar-refractivity contribution in [3.8, 4) is 0 Å². The van der Waals surface area contributed by atoms with E-state index in [1.165, 1.54) is 0 Å². The summed E-state index contributed by atoms with van der Waals surface area (Å²) >= 11 is 0. The summed E-state index contributed by atoms with van der Waals surface area (Å²) in [4.78, 5) is 13.3. The highest BCUT2D eigenvalue weighted by molar-refractivity contribution is 5.95. The molecule has 1 aliphatic rings. The maximum absolute atomic E-state index is 11.5. The molecule has 0 saturated carbocycles. The fraction of sp³-hybridized carbons (Fsp3) is 0.462. The van der Waals surface area contributed by atoms with Crippen molar-refractivity contribution in [2.75, 3.05) is 11.4 Å². The number of amides is 1. The van der Waals surface area contributed by atoms with Crippen LogP contribution in [0.3, 0.4) is 0 Å². The van der Waals surface area contributed by atoms with Gasteiger partial charge in [-0.25, -0.2) is 0 Å². The number of rotatable bonds is 3. The lowest BCUT2D eigenvalue weighted by Gasteiger charge is -2.16. The van der Waals surface area contributed by atoms with Gasteiger partial charge in [0.25, 0.3) is 0 Å². The molecule has 1 heterocycles. The molecule has 86 valence electrons. The van der Waals surface area contributed by atoms with Gasteiger partial charge in [-0.1, -0.05) is 19.1 Å². The van der Waals surface area contributed by atoms with E-state index in [0.29, 0.717) is 12.8 Å². The lowest BCUT2D eigenvalue weighted by molar-refractivity contribution is -0.117. The Kier molecular flexibility index (Phi) is 3.25. The lowest BCUT2D eigenvalue weighted by Crippen LogP contribution is -2.23. The summed E-state index contributed by atoms with van der Waals surface area (Å²) in [6.07, 6.45) is 1.91. The molecular weight excluding hydrogens is 202 g/mol. The van der Waals surface area contributed by atoms with Crippen molar-refractivity contribution in [2.45, 2.75) is 32.3 Å². The van der Waals surface area contributed by atoms with Gasteiger partial charge in [0.15, 0.2) is 0 Å². The summed E-state index contributed by atoms with van der Waals surface area (Å²) < 4.78 is 0. The predicted molar refractivity (Wildman–Crippen MR) is 63.3 cm³/mol. The zero-order chi connectivity index (χ0) is 11.5. The molecule has 0 bridgehead atoms. The minimum Gasteiger partial charge on any atom is -0.388 e. The number of anilines is 1. The van der Waals surface area contributed by atoms with Crippen LogP contribution in [0.4, 0.5) is 5.69 Å². The normalized spacial score (nSPS) is 17.9. The third kappa shape index (κ3) is 2.09. The van der Waals surface area contributed by atoms with Gasteiger partial charge in [0.2, 0.25) is 5.91 Å². The zero-order valence-corrected chi connectivity index (χ0v) is 9.52. The molecule has 0 aliphatic carbocycles. The van der Waals surface area contributed by atoms with E-state index in [4.69, 9.17) is 0 Å². The first kappa shape index (κ1) is 11.1. The summed E-state index contributed by atoms with van der Waals surface area (Å²) in [5.74, 6) is 0.198. The van der Waals surface area contributed by atoms with Crippen LogP contribution in [0.2, 0.25) is 0 Å². The largest absolute Gasteiger partial charge is 0.388 e. The standard InChI is InChI=1S/C13H17NO2/c1-2-12(15)10-5-7-11(8-6-10)14-9-3-4-13(14)16/h5-8,12,15H,2-4,9H2,1H3/t12-/m0/s1. The second-order valence-corrected chi connectivity index (χ2v) is 4.16. The Labute approximate surface area is 95.7 Å². The van der Waals surface area contributed by atoms with Crippen molar-refractivity contribution in [2.24, 2.45) is 0 Å². The van der Waals surface area contributed by atoms with E-state index in [0.717, 1.165) is 24.2 Å². The molecule has 3 nitrogen and oxygen atoms in total. The molecule has 2 rings (SSSR count). The van der Waals surface area contributed by atoms with Crippen LogP contribution in [0.5, 0.6) is 0 Å². The van der Waals surface area contributed by atoms with Gasteiger partial charge in [-0.2, -0.15) is 0 Å². The Morgan fingerprint density at radius 1 is 1.38 bits per heavy atom. The van der Waals surface area contributed by atoms with Crippen LogP contribution in [-0.4, -0.2) is 17.6 Å². The van der Waals surface area contributed by atoms with Crippen LogP contribution >= 0.6 is 0 Å². The van der Waals surface area contributed by atoms with Gasteiger partial charge in [0, 0.05) is 18.7 Å². The number of hydrogen-bond donors (Lipinski definition) is 1. The first-order valence-electron chi connectivity index (χ1n) is 5.80. The molecule has 1 N–H and O–H groups in total. The number of nitrogens with zero attached hydrogens (tertiary/aromatic N) is 1. The van der Waals surface area contributed by atoms with E-state index < -0.39 is 6.10 Å². The van der Waals surface area contributed by atoms with Gasteiger partial charge < -0.3 is 10.0 Å². The fourth-order valence-corrected chi connectivity index (χ4v) is 2.03. The van der Waals surface area contributed by atoms with E-state index >= 15 is 0 Å². The average molecular weight is 219 g/mol. The molecule has 3 heteroatoms. The summed E-state index contributed by atoms with van der Waals surface area (Å²) in [7, 11) is 0. The molecule has 1 saturated heterocycles. The number of benzene rings is 1. The first-order valence-corrected chi connectivity index (χ1v) is 5.80. The number of hydrogen-bond acceptors (Lipinski definition) is 2. The maximum Gasteiger partial charge on any atom is 0.227 e. The Hall–Kier alpha value is -1.35. The van der Waals surface area contributed by atoms with Crippen molar-refractivity contribution in [1.29, 1.82) is 0 Å². The van der Waals surface area contributed by atoms with Gasteiger partial charge >= 0.3 is 0 Å². The van der Waals surface area contributed by atoms with E-state index in [2.05, 4.69) is 0 Å². The van der Waals surface area contributed by atoms with Crippen molar-refractivity contribution >= 4 is 11.6 Å². The zero-order valence-electron chi connectivity index (χ0n) is 9.52. The predicted octanol–water partition coefficient (Wildman–Crippen LogP) is 2.26. The van der Waals surface area contributed by atoms with Crippen LogP contribution in [0.25, 0.3) is 0 Å². The molecule has 1 aromatic rings. The monoisotopic (exact) mass is 219 g/mol. The van der Waals surface area contributed by atoms with Crippen molar-refractivity contribution in [3.63, 3.8) is 0 Å². The summed E-state index contributed by atoms with van der Waals surface area (Å²) in [5.41, 5.74) is 1.85. The molecule has 1 aliphatic heterocycles.